The normalized spacial score (nSPS) is 16.5. The number of carbonyl (C=O) groups is 2. The van der Waals surface area contributed by atoms with Gasteiger partial charge < -0.3 is 14.4 Å². The Morgan fingerprint density at radius 2 is 2.00 bits per heavy atom. The van der Waals surface area contributed by atoms with Gasteiger partial charge in [-0.3, -0.25) is 14.2 Å². The highest BCUT2D eigenvalue weighted by atomic mass is 16.5. The molecule has 26 heavy (non-hydrogen) atoms. The molecule has 8 heteroatoms. The van der Waals surface area contributed by atoms with Gasteiger partial charge in [0.15, 0.2) is 6.61 Å². The molecule has 1 amide bonds. The number of amides is 1. The summed E-state index contributed by atoms with van der Waals surface area (Å²) < 4.78 is 12.0. The molecule has 0 N–H and O–H groups in total. The minimum absolute atomic E-state index is 0.0788. The van der Waals surface area contributed by atoms with Gasteiger partial charge in [-0.05, 0) is 24.6 Å². The Hall–Kier alpha value is -2.74. The highest BCUT2D eigenvalue weighted by Gasteiger charge is 2.20. The number of morpholine rings is 1. The number of carbonyl (C=O) groups excluding carboxylic acids is 2. The molecule has 0 atom stereocenters. The molecule has 2 aliphatic rings. The van der Waals surface area contributed by atoms with Crippen molar-refractivity contribution < 1.29 is 19.1 Å². The van der Waals surface area contributed by atoms with Gasteiger partial charge in [0.2, 0.25) is 0 Å². The number of ether oxygens (including phenoxy) is 2. The lowest BCUT2D eigenvalue weighted by atomic mass is 10.1. The molecule has 2 aliphatic heterocycles. The molecule has 0 saturated carbocycles. The molecule has 1 aromatic heterocycles. The van der Waals surface area contributed by atoms with Crippen LogP contribution < -0.4 is 5.56 Å². The molecule has 0 spiro atoms. The molecule has 2 aromatic rings. The molecule has 0 unspecified atom stereocenters. The van der Waals surface area contributed by atoms with E-state index < -0.39 is 5.97 Å². The van der Waals surface area contributed by atoms with Gasteiger partial charge in [0, 0.05) is 26.1 Å². The Labute approximate surface area is 149 Å². The van der Waals surface area contributed by atoms with Crippen molar-refractivity contribution in [3.63, 3.8) is 0 Å². The SMILES string of the molecule is O=C(OCC(=O)N1CCOCC1)c1ccc2c(=O)n3c(nc2c1)CCC3. The van der Waals surface area contributed by atoms with Crippen LogP contribution in [0.25, 0.3) is 10.9 Å². The summed E-state index contributed by atoms with van der Waals surface area (Å²) in [5.74, 6) is -0.0944. The molecular formula is C18H19N3O5. The van der Waals surface area contributed by atoms with Crippen molar-refractivity contribution in [1.82, 2.24) is 14.5 Å². The average molecular weight is 357 g/mol. The van der Waals surface area contributed by atoms with Crippen LogP contribution in [0.5, 0.6) is 0 Å². The summed E-state index contributed by atoms with van der Waals surface area (Å²) in [5.41, 5.74) is 0.684. The lowest BCUT2D eigenvalue weighted by Crippen LogP contribution is -2.42. The van der Waals surface area contributed by atoms with Crippen molar-refractivity contribution in [2.45, 2.75) is 19.4 Å². The molecule has 0 aliphatic carbocycles. The van der Waals surface area contributed by atoms with E-state index in [-0.39, 0.29) is 23.6 Å². The summed E-state index contributed by atoms with van der Waals surface area (Å²) >= 11 is 0. The number of rotatable bonds is 3. The monoisotopic (exact) mass is 357 g/mol. The van der Waals surface area contributed by atoms with Gasteiger partial charge in [-0.25, -0.2) is 9.78 Å². The van der Waals surface area contributed by atoms with Crippen molar-refractivity contribution in [1.29, 1.82) is 0 Å². The van der Waals surface area contributed by atoms with Gasteiger partial charge in [0.25, 0.3) is 11.5 Å². The molecule has 8 nitrogen and oxygen atoms in total. The molecule has 3 heterocycles. The fourth-order valence-corrected chi connectivity index (χ4v) is 3.33. The summed E-state index contributed by atoms with van der Waals surface area (Å²) in [6.07, 6.45) is 1.66. The fraction of sp³-hybridized carbons (Fsp3) is 0.444. The number of hydrogen-bond acceptors (Lipinski definition) is 6. The summed E-state index contributed by atoms with van der Waals surface area (Å²) in [7, 11) is 0. The van der Waals surface area contributed by atoms with Crippen LogP contribution in [0.1, 0.15) is 22.6 Å². The van der Waals surface area contributed by atoms with E-state index in [9.17, 15) is 14.4 Å². The minimum Gasteiger partial charge on any atom is -0.452 e. The maximum absolute atomic E-state index is 12.4. The maximum Gasteiger partial charge on any atom is 0.338 e. The maximum atomic E-state index is 12.4. The van der Waals surface area contributed by atoms with E-state index in [1.54, 1.807) is 21.6 Å². The van der Waals surface area contributed by atoms with Crippen LogP contribution in [0.4, 0.5) is 0 Å². The number of nitrogens with zero attached hydrogens (tertiary/aromatic N) is 3. The summed E-state index contributed by atoms with van der Waals surface area (Å²) in [6.45, 7) is 2.38. The summed E-state index contributed by atoms with van der Waals surface area (Å²) in [6, 6.07) is 4.68. The van der Waals surface area contributed by atoms with E-state index in [2.05, 4.69) is 4.98 Å². The molecular weight excluding hydrogens is 338 g/mol. The van der Waals surface area contributed by atoms with Crippen molar-refractivity contribution in [2.24, 2.45) is 0 Å². The molecule has 4 rings (SSSR count). The predicted octanol–water partition coefficient (Wildman–Crippen LogP) is 0.358. The third kappa shape index (κ3) is 3.08. The molecule has 1 aromatic carbocycles. The first kappa shape index (κ1) is 16.7. The van der Waals surface area contributed by atoms with E-state index in [4.69, 9.17) is 9.47 Å². The first-order chi connectivity index (χ1) is 12.6. The van der Waals surface area contributed by atoms with Crippen molar-refractivity contribution in [3.05, 3.63) is 39.9 Å². The number of hydrogen-bond donors (Lipinski definition) is 0. The second-order valence-electron chi connectivity index (χ2n) is 6.39. The zero-order valence-corrected chi connectivity index (χ0v) is 14.3. The topological polar surface area (TPSA) is 90.7 Å². The number of fused-ring (bicyclic) bond motifs is 2. The Kier molecular flexibility index (Phi) is 4.42. The third-order valence-electron chi connectivity index (χ3n) is 4.74. The number of aryl methyl sites for hydroxylation is 1. The van der Waals surface area contributed by atoms with E-state index in [0.717, 1.165) is 18.7 Å². The Bertz CT molecular complexity index is 930. The van der Waals surface area contributed by atoms with E-state index in [0.29, 0.717) is 43.8 Å². The Balaban J connectivity index is 1.49. The first-order valence-corrected chi connectivity index (χ1v) is 8.69. The minimum atomic E-state index is -0.601. The number of aromatic nitrogens is 2. The van der Waals surface area contributed by atoms with Gasteiger partial charge >= 0.3 is 5.97 Å². The second kappa shape index (κ2) is 6.87. The largest absolute Gasteiger partial charge is 0.452 e. The molecule has 0 radical (unpaired) electrons. The zero-order valence-electron chi connectivity index (χ0n) is 14.3. The fourth-order valence-electron chi connectivity index (χ4n) is 3.33. The summed E-state index contributed by atoms with van der Waals surface area (Å²) in [5, 5.41) is 0.483. The summed E-state index contributed by atoms with van der Waals surface area (Å²) in [4.78, 5) is 42.9. The number of esters is 1. The van der Waals surface area contributed by atoms with Gasteiger partial charge in [0.1, 0.15) is 5.82 Å². The van der Waals surface area contributed by atoms with Gasteiger partial charge in [-0.2, -0.15) is 0 Å². The Morgan fingerprint density at radius 3 is 2.81 bits per heavy atom. The molecule has 1 saturated heterocycles. The lowest BCUT2D eigenvalue weighted by Gasteiger charge is -2.26. The smallest absolute Gasteiger partial charge is 0.338 e. The van der Waals surface area contributed by atoms with Crippen LogP contribution >= 0.6 is 0 Å². The van der Waals surface area contributed by atoms with E-state index >= 15 is 0 Å². The molecule has 0 bridgehead atoms. The van der Waals surface area contributed by atoms with Gasteiger partial charge in [-0.15, -0.1) is 0 Å². The third-order valence-corrected chi connectivity index (χ3v) is 4.74. The van der Waals surface area contributed by atoms with Crippen molar-refractivity contribution >= 4 is 22.8 Å². The predicted molar refractivity (Wildman–Crippen MR) is 92.0 cm³/mol. The van der Waals surface area contributed by atoms with Crippen LogP contribution in [0.3, 0.4) is 0 Å². The standard InChI is InChI=1S/C18H19N3O5/c22-16(20-6-8-25-9-7-20)11-26-18(24)12-3-4-13-14(10-12)19-15-2-1-5-21(15)17(13)23/h3-4,10H,1-2,5-9,11H2. The van der Waals surface area contributed by atoms with Crippen LogP contribution in [0.2, 0.25) is 0 Å². The van der Waals surface area contributed by atoms with E-state index in [1.165, 1.54) is 6.07 Å². The van der Waals surface area contributed by atoms with Crippen molar-refractivity contribution in [2.75, 3.05) is 32.9 Å². The Morgan fingerprint density at radius 1 is 1.19 bits per heavy atom. The van der Waals surface area contributed by atoms with Crippen LogP contribution in [0, 0.1) is 0 Å². The van der Waals surface area contributed by atoms with Crippen LogP contribution in [0.15, 0.2) is 23.0 Å². The molecule has 136 valence electrons. The second-order valence-corrected chi connectivity index (χ2v) is 6.39. The van der Waals surface area contributed by atoms with Crippen LogP contribution in [-0.4, -0.2) is 59.2 Å². The van der Waals surface area contributed by atoms with E-state index in [1.807, 2.05) is 0 Å². The highest BCUT2D eigenvalue weighted by Crippen LogP contribution is 2.16. The highest BCUT2D eigenvalue weighted by molar-refractivity contribution is 5.95. The average Bonchev–Trinajstić information content (AvgIpc) is 3.15. The lowest BCUT2D eigenvalue weighted by molar-refractivity contribution is -0.138. The van der Waals surface area contributed by atoms with Gasteiger partial charge in [-0.1, -0.05) is 0 Å². The van der Waals surface area contributed by atoms with Crippen LogP contribution in [-0.2, 0) is 27.2 Å². The first-order valence-electron chi connectivity index (χ1n) is 8.69. The zero-order chi connectivity index (χ0) is 18.1. The number of benzene rings is 1. The molecule has 1 fully saturated rings. The van der Waals surface area contributed by atoms with Crippen molar-refractivity contribution in [3.8, 4) is 0 Å². The quantitative estimate of drug-likeness (QED) is 0.737. The van der Waals surface area contributed by atoms with Gasteiger partial charge in [0.05, 0.1) is 29.7 Å².